The summed E-state index contributed by atoms with van der Waals surface area (Å²) in [4.78, 5) is 45.9. The maximum atomic E-state index is 11.0. The fourth-order valence-corrected chi connectivity index (χ4v) is 2.29. The predicted octanol–water partition coefficient (Wildman–Crippen LogP) is -0.489. The third kappa shape index (κ3) is 21.6. The Kier molecular flexibility index (Phi) is 25.5. The smallest absolute Gasteiger partial charge is 0.323 e. The van der Waals surface area contributed by atoms with Gasteiger partial charge in [-0.25, -0.2) is 0 Å². The highest BCUT2D eigenvalue weighted by atomic mass is 16.5. The van der Waals surface area contributed by atoms with E-state index < -0.39 is 0 Å². The molecule has 0 spiro atoms. The molecule has 1 fully saturated rings. The molecule has 0 aromatic heterocycles. The number of hydrogen-bond acceptors (Lipinski definition) is 12. The van der Waals surface area contributed by atoms with Crippen LogP contribution in [0.25, 0.3) is 0 Å². The Labute approximate surface area is 204 Å². The third-order valence-corrected chi connectivity index (χ3v) is 4.46. The highest BCUT2D eigenvalue weighted by Crippen LogP contribution is 2.15. The normalized spacial score (nSPS) is 15.2. The molecule has 34 heavy (non-hydrogen) atoms. The minimum Gasteiger partial charge on any atom is -0.469 e. The van der Waals surface area contributed by atoms with Gasteiger partial charge in [-0.15, -0.1) is 0 Å². The van der Waals surface area contributed by atoms with Gasteiger partial charge in [0.1, 0.15) is 12.1 Å². The van der Waals surface area contributed by atoms with Crippen LogP contribution in [-0.2, 0) is 38.1 Å². The zero-order chi connectivity index (χ0) is 27.1. The van der Waals surface area contributed by atoms with Crippen molar-refractivity contribution in [2.75, 3.05) is 83.3 Å². The van der Waals surface area contributed by atoms with E-state index in [0.717, 1.165) is 19.4 Å². The molecule has 1 aliphatic rings. The Balaban J connectivity index is -0.000000380. The summed E-state index contributed by atoms with van der Waals surface area (Å²) >= 11 is 0. The Bertz CT molecular complexity index is 561. The first-order valence-electron chi connectivity index (χ1n) is 10.9. The lowest BCUT2D eigenvalue weighted by Gasteiger charge is -2.15. The van der Waals surface area contributed by atoms with E-state index in [1.54, 1.807) is 25.9 Å². The summed E-state index contributed by atoms with van der Waals surface area (Å²) in [5.41, 5.74) is 0. The number of carbonyl (C=O) groups is 4. The second kappa shape index (κ2) is 23.9. The van der Waals surface area contributed by atoms with Crippen LogP contribution in [0.2, 0.25) is 0 Å². The molecule has 0 aromatic rings. The second-order valence-electron chi connectivity index (χ2n) is 7.44. The minimum atomic E-state index is -0.229. The molecule has 2 atom stereocenters. The van der Waals surface area contributed by atoms with Crippen LogP contribution in [0.5, 0.6) is 0 Å². The maximum absolute atomic E-state index is 11.0. The van der Waals surface area contributed by atoms with Crippen LogP contribution < -0.4 is 10.6 Å². The summed E-state index contributed by atoms with van der Waals surface area (Å²) in [6.45, 7) is 3.80. The van der Waals surface area contributed by atoms with Crippen LogP contribution in [0.15, 0.2) is 0 Å². The summed E-state index contributed by atoms with van der Waals surface area (Å²) in [5, 5.41) is 5.57. The van der Waals surface area contributed by atoms with E-state index in [-0.39, 0.29) is 36.0 Å². The van der Waals surface area contributed by atoms with Gasteiger partial charge in [0.25, 0.3) is 0 Å². The Morgan fingerprint density at radius 1 is 0.971 bits per heavy atom. The summed E-state index contributed by atoms with van der Waals surface area (Å²) < 4.78 is 17.8. The second-order valence-corrected chi connectivity index (χ2v) is 7.44. The number of likely N-dealkylation sites (tertiary alicyclic amines) is 1. The van der Waals surface area contributed by atoms with Gasteiger partial charge in [-0.1, -0.05) is 0 Å². The van der Waals surface area contributed by atoms with Gasteiger partial charge in [-0.2, -0.15) is 0 Å². The first-order chi connectivity index (χ1) is 15.9. The van der Waals surface area contributed by atoms with Crippen molar-refractivity contribution in [1.82, 2.24) is 20.4 Å². The molecule has 0 amide bonds. The summed E-state index contributed by atoms with van der Waals surface area (Å²) in [7, 11) is 14.7. The van der Waals surface area contributed by atoms with Crippen molar-refractivity contribution in [3.63, 3.8) is 0 Å². The molecular formula is C22H46N4O8. The van der Waals surface area contributed by atoms with Gasteiger partial charge < -0.3 is 29.6 Å². The van der Waals surface area contributed by atoms with Gasteiger partial charge in [0.05, 0.1) is 41.4 Å². The number of carbonyl (C=O) groups excluding carboxylic acids is 4. The lowest BCUT2D eigenvalue weighted by Crippen LogP contribution is -2.33. The number of methoxy groups -OCH3 is 4. The van der Waals surface area contributed by atoms with Crippen molar-refractivity contribution in [3.8, 4) is 0 Å². The topological polar surface area (TPSA) is 136 Å². The van der Waals surface area contributed by atoms with E-state index in [9.17, 15) is 19.2 Å². The summed E-state index contributed by atoms with van der Waals surface area (Å²) in [6.07, 6.45) is 2.51. The summed E-state index contributed by atoms with van der Waals surface area (Å²) in [6, 6.07) is -0.176. The van der Waals surface area contributed by atoms with Crippen LogP contribution in [0.3, 0.4) is 0 Å². The van der Waals surface area contributed by atoms with E-state index in [2.05, 4.69) is 29.6 Å². The molecule has 202 valence electrons. The molecule has 1 saturated heterocycles. The number of nitrogens with one attached hydrogen (secondary N) is 2. The Hall–Kier alpha value is -2.28. The van der Waals surface area contributed by atoms with Crippen molar-refractivity contribution < 1.29 is 38.1 Å². The zero-order valence-corrected chi connectivity index (χ0v) is 22.6. The molecule has 2 N–H and O–H groups in total. The predicted molar refractivity (Wildman–Crippen MR) is 129 cm³/mol. The minimum absolute atomic E-state index is 0.0185. The molecule has 0 aromatic carbocycles. The molecular weight excluding hydrogens is 448 g/mol. The van der Waals surface area contributed by atoms with Crippen LogP contribution in [-0.4, -0.2) is 129 Å². The van der Waals surface area contributed by atoms with E-state index >= 15 is 0 Å². The zero-order valence-electron chi connectivity index (χ0n) is 22.6. The van der Waals surface area contributed by atoms with Gasteiger partial charge in [0.15, 0.2) is 0 Å². The molecule has 0 aliphatic carbocycles. The van der Waals surface area contributed by atoms with Gasteiger partial charge in [0.2, 0.25) is 0 Å². The number of rotatable bonds is 8. The number of nitrogens with zero attached hydrogens (tertiary/aromatic N) is 2. The largest absolute Gasteiger partial charge is 0.469 e. The molecule has 0 bridgehead atoms. The quantitative estimate of drug-likeness (QED) is 0.333. The number of hydrogen-bond donors (Lipinski definition) is 2. The van der Waals surface area contributed by atoms with Gasteiger partial charge in [-0.05, 0) is 61.5 Å². The maximum Gasteiger partial charge on any atom is 0.323 e. The standard InChI is InChI=1S/C7H13NO2.3C5H11NO2/c1-8-5-3-4-6(8)7(9)10-2;1-6(2)4-5(7)8-3;1-6-4-3-5(7)8-2;1-4(6-2)5(7)8-3/h6H,3-5H2,1-2H3;4H2,1-3H3;6H,3-4H2,1-2H3;4,6H,1-3H3. The van der Waals surface area contributed by atoms with Crippen LogP contribution in [0.4, 0.5) is 0 Å². The Morgan fingerprint density at radius 2 is 1.53 bits per heavy atom. The number of ether oxygens (including phenoxy) is 4. The average Bonchev–Trinajstić information content (AvgIpc) is 3.27. The molecule has 1 heterocycles. The SMILES string of the molecule is CNC(C)C(=O)OC.CNCCC(=O)OC.COC(=O)C1CCCN1C.COC(=O)CN(C)C. The van der Waals surface area contributed by atoms with E-state index in [0.29, 0.717) is 19.5 Å². The van der Waals surface area contributed by atoms with Crippen molar-refractivity contribution in [2.24, 2.45) is 0 Å². The highest BCUT2D eigenvalue weighted by molar-refractivity contribution is 5.76. The van der Waals surface area contributed by atoms with Gasteiger partial charge in [-0.3, -0.25) is 29.0 Å². The van der Waals surface area contributed by atoms with Crippen LogP contribution in [0.1, 0.15) is 26.2 Å². The van der Waals surface area contributed by atoms with Gasteiger partial charge in [0, 0.05) is 6.54 Å². The first-order valence-corrected chi connectivity index (χ1v) is 10.9. The van der Waals surface area contributed by atoms with Crippen molar-refractivity contribution in [3.05, 3.63) is 0 Å². The van der Waals surface area contributed by atoms with E-state index in [4.69, 9.17) is 0 Å². The van der Waals surface area contributed by atoms with Crippen molar-refractivity contribution in [2.45, 2.75) is 38.3 Å². The fourth-order valence-electron chi connectivity index (χ4n) is 2.29. The Morgan fingerprint density at radius 3 is 1.79 bits per heavy atom. The molecule has 1 aliphatic heterocycles. The fraction of sp³-hybridized carbons (Fsp3) is 0.818. The van der Waals surface area contributed by atoms with Crippen molar-refractivity contribution in [1.29, 1.82) is 0 Å². The summed E-state index contributed by atoms with van der Waals surface area (Å²) in [5.74, 6) is -0.693. The molecule has 0 saturated carbocycles. The van der Waals surface area contributed by atoms with E-state index in [1.807, 2.05) is 26.0 Å². The lowest BCUT2D eigenvalue weighted by molar-refractivity contribution is -0.145. The number of likely N-dealkylation sites (N-methyl/N-ethyl adjacent to an activating group) is 3. The average molecular weight is 495 g/mol. The lowest BCUT2D eigenvalue weighted by atomic mass is 10.2. The molecule has 1 rings (SSSR count). The van der Waals surface area contributed by atoms with E-state index in [1.165, 1.54) is 28.4 Å². The molecule has 0 radical (unpaired) electrons. The van der Waals surface area contributed by atoms with Gasteiger partial charge >= 0.3 is 23.9 Å². The molecule has 12 heteroatoms. The third-order valence-electron chi connectivity index (χ3n) is 4.46. The molecule has 12 nitrogen and oxygen atoms in total. The highest BCUT2D eigenvalue weighted by Gasteiger charge is 2.28. The van der Waals surface area contributed by atoms with Crippen LogP contribution >= 0.6 is 0 Å². The first kappa shape index (κ1) is 36.3. The molecule has 2 unspecified atom stereocenters. The monoisotopic (exact) mass is 494 g/mol. The number of esters is 4. The van der Waals surface area contributed by atoms with Crippen LogP contribution in [0, 0.1) is 0 Å². The van der Waals surface area contributed by atoms with Crippen molar-refractivity contribution >= 4 is 23.9 Å².